The zero-order valence-electron chi connectivity index (χ0n) is 13.7. The third-order valence-corrected chi connectivity index (χ3v) is 3.96. The first-order chi connectivity index (χ1) is 10.3. The van der Waals surface area contributed by atoms with Crippen LogP contribution in [0.1, 0.15) is 96.3 Å². The van der Waals surface area contributed by atoms with Gasteiger partial charge in [-0.1, -0.05) is 77.0 Å². The molecule has 3 nitrogen and oxygen atoms in total. The van der Waals surface area contributed by atoms with Gasteiger partial charge in [0.05, 0.1) is 0 Å². The molecule has 124 valence electrons. The van der Waals surface area contributed by atoms with E-state index in [0.717, 1.165) is 19.3 Å². The van der Waals surface area contributed by atoms with Crippen molar-refractivity contribution in [3.8, 4) is 0 Å². The summed E-state index contributed by atoms with van der Waals surface area (Å²) in [7, 11) is 0. The molecule has 0 saturated carbocycles. The van der Waals surface area contributed by atoms with Gasteiger partial charge in [0.25, 0.3) is 0 Å². The molecule has 0 unspecified atom stereocenters. The maximum absolute atomic E-state index is 10.8. The molecule has 3 heteroatoms. The fraction of sp³-hybridized carbons (Fsp3) is 0.889. The maximum atomic E-state index is 10.8. The lowest BCUT2D eigenvalue weighted by atomic mass is 10.0. The Hall–Kier alpha value is -0.700. The molecule has 0 atom stereocenters. The van der Waals surface area contributed by atoms with E-state index in [-0.39, 0.29) is 5.78 Å². The second kappa shape index (κ2) is 17.4. The zero-order chi connectivity index (χ0) is 15.6. The minimum Gasteiger partial charge on any atom is -0.396 e. The number of hydrogen-bond donors (Lipinski definition) is 1. The first-order valence-corrected chi connectivity index (χ1v) is 8.90. The molecule has 21 heavy (non-hydrogen) atoms. The summed E-state index contributed by atoms with van der Waals surface area (Å²) in [6.07, 6.45) is 18.0. The van der Waals surface area contributed by atoms with Crippen LogP contribution in [0, 0.1) is 0 Å². The van der Waals surface area contributed by atoms with Crippen LogP contribution in [0.3, 0.4) is 0 Å². The van der Waals surface area contributed by atoms with Crippen LogP contribution >= 0.6 is 0 Å². The van der Waals surface area contributed by atoms with Crippen LogP contribution in [0.4, 0.5) is 0 Å². The molecular formula is C18H34O3. The van der Waals surface area contributed by atoms with Crippen molar-refractivity contribution in [1.29, 1.82) is 0 Å². The second-order valence-electron chi connectivity index (χ2n) is 6.01. The summed E-state index contributed by atoms with van der Waals surface area (Å²) in [6, 6.07) is 0. The molecular weight excluding hydrogens is 264 g/mol. The summed E-state index contributed by atoms with van der Waals surface area (Å²) in [5.41, 5.74) is 0. The topological polar surface area (TPSA) is 54.4 Å². The largest absolute Gasteiger partial charge is 0.396 e. The van der Waals surface area contributed by atoms with E-state index in [9.17, 15) is 9.59 Å². The van der Waals surface area contributed by atoms with Gasteiger partial charge in [-0.3, -0.25) is 9.59 Å². The predicted octanol–water partition coefficient (Wildman–Crippen LogP) is 4.60. The fourth-order valence-electron chi connectivity index (χ4n) is 2.59. The van der Waals surface area contributed by atoms with Gasteiger partial charge in [-0.15, -0.1) is 0 Å². The standard InChI is InChI=1S/C18H34O3/c19-16-14-12-10-8-6-4-2-1-3-5-7-9-11-13-15-18(21)17-20/h17,19H,1-16H2. The van der Waals surface area contributed by atoms with Gasteiger partial charge < -0.3 is 5.11 Å². The van der Waals surface area contributed by atoms with Gasteiger partial charge in [0.2, 0.25) is 0 Å². The number of Topliss-reactive ketones (excluding diaryl/α,β-unsaturated/α-hetero) is 1. The summed E-state index contributed by atoms with van der Waals surface area (Å²) in [6.45, 7) is 0.341. The third-order valence-electron chi connectivity index (χ3n) is 3.96. The van der Waals surface area contributed by atoms with Crippen molar-refractivity contribution >= 4 is 12.1 Å². The Morgan fingerprint density at radius 1 is 0.619 bits per heavy atom. The number of aldehydes is 1. The Balaban J connectivity index is 2.99. The average molecular weight is 298 g/mol. The Labute approximate surface area is 130 Å². The van der Waals surface area contributed by atoms with E-state index < -0.39 is 0 Å². The summed E-state index contributed by atoms with van der Waals surface area (Å²) in [4.78, 5) is 20.9. The minimum absolute atomic E-state index is 0.258. The molecule has 0 aromatic heterocycles. The van der Waals surface area contributed by atoms with Gasteiger partial charge >= 0.3 is 0 Å². The number of carbonyl (C=O) groups is 2. The summed E-state index contributed by atoms with van der Waals surface area (Å²) in [5.74, 6) is -0.258. The molecule has 0 heterocycles. The lowest BCUT2D eigenvalue weighted by Gasteiger charge is -2.03. The van der Waals surface area contributed by atoms with Crippen LogP contribution in [0.15, 0.2) is 0 Å². The number of aliphatic hydroxyl groups excluding tert-OH is 1. The first kappa shape index (κ1) is 20.3. The number of hydrogen-bond acceptors (Lipinski definition) is 3. The van der Waals surface area contributed by atoms with Crippen LogP contribution in [-0.4, -0.2) is 23.8 Å². The maximum Gasteiger partial charge on any atom is 0.195 e. The second-order valence-corrected chi connectivity index (χ2v) is 6.01. The molecule has 0 amide bonds. The first-order valence-electron chi connectivity index (χ1n) is 8.90. The lowest BCUT2D eigenvalue weighted by molar-refractivity contribution is -0.129. The van der Waals surface area contributed by atoms with Crippen molar-refractivity contribution in [2.45, 2.75) is 96.3 Å². The number of rotatable bonds is 17. The van der Waals surface area contributed by atoms with Gasteiger partial charge in [-0.2, -0.15) is 0 Å². The molecule has 0 fully saturated rings. The third kappa shape index (κ3) is 17.2. The predicted molar refractivity (Wildman–Crippen MR) is 87.4 cm³/mol. The van der Waals surface area contributed by atoms with Crippen molar-refractivity contribution in [2.75, 3.05) is 6.61 Å². The highest BCUT2D eigenvalue weighted by Crippen LogP contribution is 2.13. The number of ketones is 1. The number of aliphatic hydroxyl groups is 1. The van der Waals surface area contributed by atoms with Crippen molar-refractivity contribution in [3.63, 3.8) is 0 Å². The molecule has 0 radical (unpaired) electrons. The van der Waals surface area contributed by atoms with Gasteiger partial charge in [0.1, 0.15) is 0 Å². The van der Waals surface area contributed by atoms with E-state index in [1.54, 1.807) is 0 Å². The summed E-state index contributed by atoms with van der Waals surface area (Å²) < 4.78 is 0. The van der Waals surface area contributed by atoms with Crippen LogP contribution < -0.4 is 0 Å². The molecule has 0 bridgehead atoms. The van der Waals surface area contributed by atoms with Crippen molar-refractivity contribution in [1.82, 2.24) is 0 Å². The average Bonchev–Trinajstić information content (AvgIpc) is 2.50. The monoisotopic (exact) mass is 298 g/mol. The Morgan fingerprint density at radius 3 is 1.29 bits per heavy atom. The van der Waals surface area contributed by atoms with Gasteiger partial charge in [0.15, 0.2) is 12.1 Å². The highest BCUT2D eigenvalue weighted by atomic mass is 16.2. The Bertz CT molecular complexity index is 239. The molecule has 0 aliphatic rings. The molecule has 0 saturated heterocycles. The van der Waals surface area contributed by atoms with E-state index >= 15 is 0 Å². The summed E-state index contributed by atoms with van der Waals surface area (Å²) >= 11 is 0. The van der Waals surface area contributed by atoms with E-state index in [4.69, 9.17) is 5.11 Å². The Kier molecular flexibility index (Phi) is 16.8. The molecule has 0 aliphatic carbocycles. The van der Waals surface area contributed by atoms with Gasteiger partial charge in [-0.05, 0) is 12.8 Å². The molecule has 1 N–H and O–H groups in total. The normalized spacial score (nSPS) is 10.7. The quantitative estimate of drug-likeness (QED) is 0.242. The lowest BCUT2D eigenvalue weighted by Crippen LogP contribution is -1.97. The highest BCUT2D eigenvalue weighted by molar-refractivity contribution is 6.24. The van der Waals surface area contributed by atoms with Gasteiger partial charge in [-0.25, -0.2) is 0 Å². The summed E-state index contributed by atoms with van der Waals surface area (Å²) in [5, 5.41) is 8.66. The molecule has 0 rings (SSSR count). The van der Waals surface area contributed by atoms with Gasteiger partial charge in [0, 0.05) is 13.0 Å². The van der Waals surface area contributed by atoms with Crippen molar-refractivity contribution in [3.05, 3.63) is 0 Å². The smallest absolute Gasteiger partial charge is 0.195 e. The van der Waals surface area contributed by atoms with Crippen LogP contribution in [0.5, 0.6) is 0 Å². The van der Waals surface area contributed by atoms with E-state index in [1.165, 1.54) is 70.6 Å². The van der Waals surface area contributed by atoms with E-state index in [1.807, 2.05) is 0 Å². The molecule has 0 aromatic rings. The van der Waals surface area contributed by atoms with Crippen molar-refractivity contribution in [2.24, 2.45) is 0 Å². The molecule has 0 aromatic carbocycles. The fourth-order valence-corrected chi connectivity index (χ4v) is 2.59. The SMILES string of the molecule is O=CC(=O)CCCCCCCCCCCCCCCCO. The van der Waals surface area contributed by atoms with Crippen LogP contribution in [-0.2, 0) is 9.59 Å². The Morgan fingerprint density at radius 2 is 0.952 bits per heavy atom. The minimum atomic E-state index is -0.258. The van der Waals surface area contributed by atoms with Crippen LogP contribution in [0.2, 0.25) is 0 Å². The highest BCUT2D eigenvalue weighted by Gasteiger charge is 1.98. The zero-order valence-corrected chi connectivity index (χ0v) is 13.7. The van der Waals surface area contributed by atoms with Crippen LogP contribution in [0.25, 0.3) is 0 Å². The van der Waals surface area contributed by atoms with Crippen molar-refractivity contribution < 1.29 is 14.7 Å². The van der Waals surface area contributed by atoms with E-state index in [2.05, 4.69) is 0 Å². The molecule has 0 spiro atoms. The molecule has 0 aliphatic heterocycles. The van der Waals surface area contributed by atoms with E-state index in [0.29, 0.717) is 19.3 Å². The number of unbranched alkanes of at least 4 members (excludes halogenated alkanes) is 13. The number of carbonyl (C=O) groups excluding carboxylic acids is 2.